The maximum absolute atomic E-state index is 11.9. The highest BCUT2D eigenvalue weighted by Gasteiger charge is 2.23. The molecule has 0 aromatic carbocycles. The number of hydrogen-bond acceptors (Lipinski definition) is 5. The molecular formula is C13H23NO5. The number of piperidine rings is 1. The van der Waals surface area contributed by atoms with Crippen molar-refractivity contribution >= 4 is 11.9 Å². The van der Waals surface area contributed by atoms with Gasteiger partial charge in [0.15, 0.2) is 0 Å². The number of hydrogen-bond donors (Lipinski definition) is 1. The van der Waals surface area contributed by atoms with Gasteiger partial charge in [-0.05, 0) is 19.8 Å². The molecule has 19 heavy (non-hydrogen) atoms. The predicted octanol–water partition coefficient (Wildman–Crippen LogP) is 0.330. The molecule has 0 saturated carbocycles. The van der Waals surface area contributed by atoms with Crippen LogP contribution in [0.5, 0.6) is 0 Å². The molecule has 0 spiro atoms. The van der Waals surface area contributed by atoms with Gasteiger partial charge in [-0.2, -0.15) is 0 Å². The predicted molar refractivity (Wildman–Crippen MR) is 68.5 cm³/mol. The van der Waals surface area contributed by atoms with E-state index < -0.39 is 0 Å². The fraction of sp³-hybridized carbons (Fsp3) is 0.846. The van der Waals surface area contributed by atoms with Crippen molar-refractivity contribution in [3.05, 3.63) is 0 Å². The smallest absolute Gasteiger partial charge is 0.306 e. The fourth-order valence-electron chi connectivity index (χ4n) is 2.09. The highest BCUT2D eigenvalue weighted by molar-refractivity contribution is 5.81. The van der Waals surface area contributed by atoms with Crippen molar-refractivity contribution in [3.8, 4) is 0 Å². The van der Waals surface area contributed by atoms with E-state index in [1.165, 1.54) is 0 Å². The van der Waals surface area contributed by atoms with E-state index in [1.54, 1.807) is 11.8 Å². The fourth-order valence-corrected chi connectivity index (χ4v) is 2.09. The molecule has 1 amide bonds. The third-order valence-corrected chi connectivity index (χ3v) is 3.09. The standard InChI is InChI=1S/C13H23NO5/c1-2-18-13(17)4-3-12(16)14-7-5-11(6-8-14)19-10-9-15/h11,15H,2-10H2,1H3. The maximum atomic E-state index is 11.9. The lowest BCUT2D eigenvalue weighted by atomic mass is 10.1. The number of carbonyl (C=O) groups is 2. The summed E-state index contributed by atoms with van der Waals surface area (Å²) < 4.78 is 10.2. The summed E-state index contributed by atoms with van der Waals surface area (Å²) in [6, 6.07) is 0. The van der Waals surface area contributed by atoms with Gasteiger partial charge in [0, 0.05) is 19.5 Å². The van der Waals surface area contributed by atoms with E-state index in [-0.39, 0.29) is 37.4 Å². The summed E-state index contributed by atoms with van der Waals surface area (Å²) >= 11 is 0. The molecule has 0 bridgehead atoms. The second-order valence-corrected chi connectivity index (χ2v) is 4.48. The first kappa shape index (κ1) is 15.9. The molecule has 6 nitrogen and oxygen atoms in total. The van der Waals surface area contributed by atoms with Gasteiger partial charge in [-0.25, -0.2) is 0 Å². The Bertz CT molecular complexity index is 287. The lowest BCUT2D eigenvalue weighted by Crippen LogP contribution is -2.41. The Balaban J connectivity index is 2.19. The van der Waals surface area contributed by atoms with Crippen LogP contribution in [-0.2, 0) is 19.1 Å². The highest BCUT2D eigenvalue weighted by Crippen LogP contribution is 2.15. The van der Waals surface area contributed by atoms with Crippen molar-refractivity contribution < 1.29 is 24.2 Å². The number of ether oxygens (including phenoxy) is 2. The van der Waals surface area contributed by atoms with Gasteiger partial charge in [-0.1, -0.05) is 0 Å². The largest absolute Gasteiger partial charge is 0.466 e. The topological polar surface area (TPSA) is 76.1 Å². The number of aliphatic hydroxyl groups is 1. The Labute approximate surface area is 113 Å². The van der Waals surface area contributed by atoms with Crippen LogP contribution in [0.4, 0.5) is 0 Å². The number of esters is 1. The normalized spacial score (nSPS) is 16.4. The van der Waals surface area contributed by atoms with Gasteiger partial charge in [0.2, 0.25) is 5.91 Å². The first-order valence-corrected chi connectivity index (χ1v) is 6.83. The van der Waals surface area contributed by atoms with E-state index in [0.717, 1.165) is 12.8 Å². The maximum Gasteiger partial charge on any atom is 0.306 e. The molecule has 0 aromatic rings. The van der Waals surface area contributed by atoms with E-state index in [9.17, 15) is 9.59 Å². The first-order valence-electron chi connectivity index (χ1n) is 6.83. The second kappa shape index (κ2) is 8.87. The molecule has 6 heteroatoms. The van der Waals surface area contributed by atoms with E-state index in [2.05, 4.69) is 0 Å². The number of amides is 1. The van der Waals surface area contributed by atoms with Crippen molar-refractivity contribution in [3.63, 3.8) is 0 Å². The molecule has 1 aliphatic rings. The molecule has 1 aliphatic heterocycles. The van der Waals surface area contributed by atoms with Crippen LogP contribution >= 0.6 is 0 Å². The zero-order chi connectivity index (χ0) is 14.1. The number of aliphatic hydroxyl groups excluding tert-OH is 1. The molecule has 1 rings (SSSR count). The second-order valence-electron chi connectivity index (χ2n) is 4.48. The van der Waals surface area contributed by atoms with Gasteiger partial charge in [0.1, 0.15) is 0 Å². The average Bonchev–Trinajstić information content (AvgIpc) is 2.43. The lowest BCUT2D eigenvalue weighted by molar-refractivity contribution is -0.146. The molecule has 110 valence electrons. The van der Waals surface area contributed by atoms with Crippen LogP contribution in [0.2, 0.25) is 0 Å². The van der Waals surface area contributed by atoms with Crippen LogP contribution in [-0.4, -0.2) is 60.9 Å². The van der Waals surface area contributed by atoms with E-state index in [1.807, 2.05) is 0 Å². The summed E-state index contributed by atoms with van der Waals surface area (Å²) in [6.07, 6.45) is 2.05. The van der Waals surface area contributed by atoms with Crippen molar-refractivity contribution in [1.82, 2.24) is 4.90 Å². The van der Waals surface area contributed by atoms with Crippen LogP contribution in [0.1, 0.15) is 32.6 Å². The van der Waals surface area contributed by atoms with Crippen LogP contribution in [0.25, 0.3) is 0 Å². The Morgan fingerprint density at radius 1 is 1.26 bits per heavy atom. The van der Waals surface area contributed by atoms with Crippen molar-refractivity contribution in [2.75, 3.05) is 32.9 Å². The van der Waals surface area contributed by atoms with E-state index in [4.69, 9.17) is 14.6 Å². The van der Waals surface area contributed by atoms with Crippen LogP contribution in [0.15, 0.2) is 0 Å². The molecule has 1 fully saturated rings. The van der Waals surface area contributed by atoms with E-state index >= 15 is 0 Å². The van der Waals surface area contributed by atoms with Crippen LogP contribution < -0.4 is 0 Å². The third kappa shape index (κ3) is 6.02. The number of rotatable bonds is 7. The Hall–Kier alpha value is -1.14. The van der Waals surface area contributed by atoms with E-state index in [0.29, 0.717) is 26.3 Å². The molecule has 1 N–H and O–H groups in total. The summed E-state index contributed by atoms with van der Waals surface area (Å²) in [5.74, 6) is -0.328. The van der Waals surface area contributed by atoms with Crippen LogP contribution in [0.3, 0.4) is 0 Å². The van der Waals surface area contributed by atoms with Gasteiger partial charge >= 0.3 is 5.97 Å². The Kier molecular flexibility index (Phi) is 7.43. The average molecular weight is 273 g/mol. The summed E-state index contributed by atoms with van der Waals surface area (Å²) in [5.41, 5.74) is 0. The minimum Gasteiger partial charge on any atom is -0.466 e. The highest BCUT2D eigenvalue weighted by atomic mass is 16.5. The Morgan fingerprint density at radius 2 is 1.95 bits per heavy atom. The van der Waals surface area contributed by atoms with Gasteiger partial charge in [0.05, 0.1) is 32.3 Å². The molecule has 0 aliphatic carbocycles. The van der Waals surface area contributed by atoms with Gasteiger partial charge < -0.3 is 19.5 Å². The quantitative estimate of drug-likeness (QED) is 0.676. The summed E-state index contributed by atoms with van der Waals surface area (Å²) in [6.45, 7) is 3.77. The van der Waals surface area contributed by atoms with Gasteiger partial charge in [-0.15, -0.1) is 0 Å². The molecular weight excluding hydrogens is 250 g/mol. The molecule has 0 radical (unpaired) electrons. The van der Waals surface area contributed by atoms with Crippen LogP contribution in [0, 0.1) is 0 Å². The third-order valence-electron chi connectivity index (χ3n) is 3.09. The summed E-state index contributed by atoms with van der Waals surface area (Å²) in [7, 11) is 0. The van der Waals surface area contributed by atoms with Gasteiger partial charge in [-0.3, -0.25) is 9.59 Å². The number of carbonyl (C=O) groups excluding carboxylic acids is 2. The zero-order valence-electron chi connectivity index (χ0n) is 11.5. The molecule has 0 aromatic heterocycles. The lowest BCUT2D eigenvalue weighted by Gasteiger charge is -2.31. The van der Waals surface area contributed by atoms with Crippen molar-refractivity contribution in [2.45, 2.75) is 38.7 Å². The first-order chi connectivity index (χ1) is 9.17. The summed E-state index contributed by atoms with van der Waals surface area (Å²) in [4.78, 5) is 24.8. The van der Waals surface area contributed by atoms with Crippen molar-refractivity contribution in [2.24, 2.45) is 0 Å². The minimum atomic E-state index is -0.322. The number of likely N-dealkylation sites (tertiary alicyclic amines) is 1. The zero-order valence-corrected chi connectivity index (χ0v) is 11.5. The minimum absolute atomic E-state index is 0.00587. The molecule has 1 saturated heterocycles. The molecule has 0 unspecified atom stereocenters. The van der Waals surface area contributed by atoms with Crippen molar-refractivity contribution in [1.29, 1.82) is 0 Å². The summed E-state index contributed by atoms with van der Waals surface area (Å²) in [5, 5.41) is 8.67. The SMILES string of the molecule is CCOC(=O)CCC(=O)N1CCC(OCCO)CC1. The monoisotopic (exact) mass is 273 g/mol. The molecule has 1 heterocycles. The Morgan fingerprint density at radius 3 is 2.53 bits per heavy atom. The number of nitrogens with zero attached hydrogens (tertiary/aromatic N) is 1. The molecule has 0 atom stereocenters. The van der Waals surface area contributed by atoms with Gasteiger partial charge in [0.25, 0.3) is 0 Å².